The fourth-order valence-corrected chi connectivity index (χ4v) is 1.62. The van der Waals surface area contributed by atoms with E-state index in [-0.39, 0.29) is 6.04 Å². The Balaban J connectivity index is 3.72. The second-order valence-corrected chi connectivity index (χ2v) is 4.20. The minimum atomic E-state index is -0.725. The SMILES string of the molecule is CCSCCC(C(=O)O)N(C)C. The van der Waals surface area contributed by atoms with Crippen molar-refractivity contribution in [1.82, 2.24) is 4.90 Å². The van der Waals surface area contributed by atoms with Gasteiger partial charge in [-0.15, -0.1) is 0 Å². The number of thioether (sulfide) groups is 1. The molecule has 0 aromatic heterocycles. The number of carboxylic acids is 1. The zero-order valence-electron chi connectivity index (χ0n) is 7.91. The van der Waals surface area contributed by atoms with Crippen molar-refractivity contribution < 1.29 is 9.90 Å². The van der Waals surface area contributed by atoms with Gasteiger partial charge in [-0.25, -0.2) is 0 Å². The summed E-state index contributed by atoms with van der Waals surface area (Å²) in [6.45, 7) is 2.08. The molecule has 0 spiro atoms. The van der Waals surface area contributed by atoms with Gasteiger partial charge in [0.1, 0.15) is 6.04 Å². The Morgan fingerprint density at radius 1 is 1.58 bits per heavy atom. The van der Waals surface area contributed by atoms with Crippen LogP contribution >= 0.6 is 11.8 Å². The lowest BCUT2D eigenvalue weighted by Gasteiger charge is -2.19. The molecule has 0 aliphatic rings. The highest BCUT2D eigenvalue weighted by molar-refractivity contribution is 7.99. The third kappa shape index (κ3) is 4.62. The van der Waals surface area contributed by atoms with Crippen LogP contribution in [0.3, 0.4) is 0 Å². The van der Waals surface area contributed by atoms with Crippen molar-refractivity contribution in [3.8, 4) is 0 Å². The summed E-state index contributed by atoms with van der Waals surface area (Å²) in [5.41, 5.74) is 0. The predicted octanol–water partition coefficient (Wildman–Crippen LogP) is 1.14. The fourth-order valence-electron chi connectivity index (χ4n) is 0.942. The third-order valence-electron chi connectivity index (χ3n) is 1.65. The van der Waals surface area contributed by atoms with E-state index in [1.54, 1.807) is 30.8 Å². The highest BCUT2D eigenvalue weighted by Gasteiger charge is 2.18. The predicted molar refractivity (Wildman–Crippen MR) is 52.7 cm³/mol. The van der Waals surface area contributed by atoms with E-state index in [4.69, 9.17) is 5.11 Å². The average Bonchev–Trinajstić information content (AvgIpc) is 1.96. The van der Waals surface area contributed by atoms with Crippen molar-refractivity contribution in [2.45, 2.75) is 19.4 Å². The van der Waals surface area contributed by atoms with Gasteiger partial charge in [-0.2, -0.15) is 11.8 Å². The van der Waals surface area contributed by atoms with E-state index < -0.39 is 5.97 Å². The molecule has 0 rings (SSSR count). The van der Waals surface area contributed by atoms with E-state index >= 15 is 0 Å². The number of carbonyl (C=O) groups is 1. The molecule has 0 aliphatic carbocycles. The van der Waals surface area contributed by atoms with E-state index in [0.717, 1.165) is 17.9 Å². The van der Waals surface area contributed by atoms with Crippen LogP contribution in [0.5, 0.6) is 0 Å². The monoisotopic (exact) mass is 191 g/mol. The lowest BCUT2D eigenvalue weighted by atomic mass is 10.2. The fraction of sp³-hybridized carbons (Fsp3) is 0.875. The summed E-state index contributed by atoms with van der Waals surface area (Å²) in [5, 5.41) is 8.79. The number of likely N-dealkylation sites (N-methyl/N-ethyl adjacent to an activating group) is 1. The molecule has 0 aromatic carbocycles. The summed E-state index contributed by atoms with van der Waals surface area (Å²) in [4.78, 5) is 12.4. The summed E-state index contributed by atoms with van der Waals surface area (Å²) in [6, 6.07) is -0.330. The van der Waals surface area contributed by atoms with E-state index in [0.29, 0.717) is 0 Å². The molecule has 0 bridgehead atoms. The number of hydrogen-bond donors (Lipinski definition) is 1. The first-order valence-corrected chi connectivity index (χ1v) is 5.22. The van der Waals surface area contributed by atoms with Crippen molar-refractivity contribution in [3.63, 3.8) is 0 Å². The lowest BCUT2D eigenvalue weighted by Crippen LogP contribution is -2.36. The van der Waals surface area contributed by atoms with Crippen LogP contribution in [-0.2, 0) is 4.79 Å². The molecule has 0 aliphatic heterocycles. The molecule has 0 heterocycles. The first-order valence-electron chi connectivity index (χ1n) is 4.06. The van der Waals surface area contributed by atoms with E-state index in [9.17, 15) is 4.79 Å². The molecule has 1 atom stereocenters. The van der Waals surface area contributed by atoms with Gasteiger partial charge in [-0.05, 0) is 32.0 Å². The second kappa shape index (κ2) is 6.31. The van der Waals surface area contributed by atoms with Gasteiger partial charge in [0.05, 0.1) is 0 Å². The quantitative estimate of drug-likeness (QED) is 0.639. The minimum Gasteiger partial charge on any atom is -0.480 e. The molecule has 1 N–H and O–H groups in total. The maximum absolute atomic E-state index is 10.7. The molecule has 0 aromatic rings. The molecule has 0 saturated carbocycles. The molecular weight excluding hydrogens is 174 g/mol. The molecule has 1 unspecified atom stereocenters. The Morgan fingerprint density at radius 3 is 2.50 bits per heavy atom. The Labute approximate surface area is 78.1 Å². The molecule has 72 valence electrons. The molecule has 3 nitrogen and oxygen atoms in total. The van der Waals surface area contributed by atoms with Crippen LogP contribution < -0.4 is 0 Å². The number of rotatable bonds is 6. The van der Waals surface area contributed by atoms with Crippen molar-refractivity contribution in [1.29, 1.82) is 0 Å². The molecule has 0 saturated heterocycles. The van der Waals surface area contributed by atoms with Gasteiger partial charge in [-0.3, -0.25) is 9.69 Å². The number of carboxylic acid groups (broad SMARTS) is 1. The van der Waals surface area contributed by atoms with Crippen LogP contribution in [0.4, 0.5) is 0 Å². The maximum atomic E-state index is 10.7. The zero-order valence-corrected chi connectivity index (χ0v) is 8.73. The van der Waals surface area contributed by atoms with Gasteiger partial charge in [0, 0.05) is 0 Å². The third-order valence-corrected chi connectivity index (χ3v) is 2.58. The highest BCUT2D eigenvalue weighted by Crippen LogP contribution is 2.07. The number of hydrogen-bond acceptors (Lipinski definition) is 3. The van der Waals surface area contributed by atoms with Crippen LogP contribution in [0.2, 0.25) is 0 Å². The Bertz CT molecular complexity index is 139. The van der Waals surface area contributed by atoms with Crippen LogP contribution in [-0.4, -0.2) is 47.6 Å². The van der Waals surface area contributed by atoms with Crippen LogP contribution in [0.25, 0.3) is 0 Å². The molecule has 12 heavy (non-hydrogen) atoms. The van der Waals surface area contributed by atoms with Crippen LogP contribution in [0.15, 0.2) is 0 Å². The zero-order chi connectivity index (χ0) is 9.56. The van der Waals surface area contributed by atoms with Crippen molar-refractivity contribution in [2.24, 2.45) is 0 Å². The molecular formula is C8H17NO2S. The minimum absolute atomic E-state index is 0.330. The normalized spacial score (nSPS) is 13.3. The van der Waals surface area contributed by atoms with Crippen molar-refractivity contribution >= 4 is 17.7 Å². The largest absolute Gasteiger partial charge is 0.480 e. The Kier molecular flexibility index (Phi) is 6.20. The summed E-state index contributed by atoms with van der Waals surface area (Å²) < 4.78 is 0. The lowest BCUT2D eigenvalue weighted by molar-refractivity contribution is -0.142. The van der Waals surface area contributed by atoms with Gasteiger partial charge in [0.2, 0.25) is 0 Å². The molecule has 0 amide bonds. The number of nitrogens with zero attached hydrogens (tertiary/aromatic N) is 1. The topological polar surface area (TPSA) is 40.5 Å². The second-order valence-electron chi connectivity index (χ2n) is 2.80. The van der Waals surface area contributed by atoms with Gasteiger partial charge in [-0.1, -0.05) is 6.92 Å². The average molecular weight is 191 g/mol. The van der Waals surface area contributed by atoms with E-state index in [1.165, 1.54) is 0 Å². The van der Waals surface area contributed by atoms with Crippen molar-refractivity contribution in [2.75, 3.05) is 25.6 Å². The van der Waals surface area contributed by atoms with Crippen molar-refractivity contribution in [3.05, 3.63) is 0 Å². The maximum Gasteiger partial charge on any atom is 0.320 e. The summed E-state index contributed by atoms with van der Waals surface area (Å²) in [5.74, 6) is 1.25. The van der Waals surface area contributed by atoms with E-state index in [2.05, 4.69) is 6.92 Å². The first kappa shape index (κ1) is 11.8. The standard InChI is InChI=1S/C8H17NO2S/c1-4-12-6-5-7(8(10)11)9(2)3/h7H,4-6H2,1-3H3,(H,10,11). The molecule has 0 fully saturated rings. The van der Waals surface area contributed by atoms with Crippen LogP contribution in [0.1, 0.15) is 13.3 Å². The molecule has 0 radical (unpaired) electrons. The smallest absolute Gasteiger partial charge is 0.320 e. The van der Waals surface area contributed by atoms with Gasteiger partial charge >= 0.3 is 5.97 Å². The highest BCUT2D eigenvalue weighted by atomic mass is 32.2. The number of aliphatic carboxylic acids is 1. The summed E-state index contributed by atoms with van der Waals surface area (Å²) in [7, 11) is 3.60. The first-order chi connectivity index (χ1) is 5.59. The summed E-state index contributed by atoms with van der Waals surface area (Å²) >= 11 is 1.78. The van der Waals surface area contributed by atoms with Gasteiger partial charge in [0.15, 0.2) is 0 Å². The Hall–Kier alpha value is -0.220. The van der Waals surface area contributed by atoms with Gasteiger partial charge < -0.3 is 5.11 Å². The van der Waals surface area contributed by atoms with Crippen LogP contribution in [0, 0.1) is 0 Å². The summed E-state index contributed by atoms with van der Waals surface area (Å²) in [6.07, 6.45) is 0.723. The van der Waals surface area contributed by atoms with E-state index in [1.807, 2.05) is 0 Å². The Morgan fingerprint density at radius 2 is 2.17 bits per heavy atom. The van der Waals surface area contributed by atoms with Gasteiger partial charge in [0.25, 0.3) is 0 Å². The molecule has 4 heteroatoms.